The molecule has 0 amide bonds. The van der Waals surface area contributed by atoms with Crippen LogP contribution in [0, 0.1) is 0 Å². The lowest BCUT2D eigenvalue weighted by Crippen LogP contribution is -2.32. The van der Waals surface area contributed by atoms with E-state index in [9.17, 15) is 0 Å². The van der Waals surface area contributed by atoms with E-state index in [1.807, 2.05) is 22.7 Å². The van der Waals surface area contributed by atoms with Crippen molar-refractivity contribution in [3.8, 4) is 10.8 Å². The van der Waals surface area contributed by atoms with Gasteiger partial charge >= 0.3 is 0 Å². The Labute approximate surface area is 183 Å². The summed E-state index contributed by atoms with van der Waals surface area (Å²) >= 11 is 3.68. The number of rotatable bonds is 4. The van der Waals surface area contributed by atoms with Crippen molar-refractivity contribution in [2.24, 2.45) is 0 Å². The van der Waals surface area contributed by atoms with Crippen LogP contribution in [-0.2, 0) is 19.4 Å². The number of thiophene rings is 1. The highest BCUT2D eigenvalue weighted by Crippen LogP contribution is 2.36. The Morgan fingerprint density at radius 1 is 1.03 bits per heavy atom. The predicted octanol–water partition coefficient (Wildman–Crippen LogP) is 5.67. The Balaban J connectivity index is 1.09. The Kier molecular flexibility index (Phi) is 4.90. The number of likely N-dealkylation sites (tertiary alicyclic amines) is 1. The summed E-state index contributed by atoms with van der Waals surface area (Å²) in [5, 5.41) is 9.97. The molecule has 0 bridgehead atoms. The lowest BCUT2D eigenvalue weighted by atomic mass is 9.97. The van der Waals surface area contributed by atoms with Gasteiger partial charge in [-0.25, -0.2) is 4.98 Å². The highest BCUT2D eigenvalue weighted by Gasteiger charge is 2.25. The van der Waals surface area contributed by atoms with Gasteiger partial charge < -0.3 is 4.42 Å². The Morgan fingerprint density at radius 2 is 1.90 bits per heavy atom. The maximum absolute atomic E-state index is 6.04. The third-order valence-corrected chi connectivity index (χ3v) is 8.70. The first-order chi connectivity index (χ1) is 14.8. The molecule has 4 aromatic rings. The second-order valence-electron chi connectivity index (χ2n) is 8.34. The van der Waals surface area contributed by atoms with E-state index >= 15 is 0 Å². The molecule has 7 heteroatoms. The zero-order valence-electron chi connectivity index (χ0n) is 16.8. The smallest absolute Gasteiger partial charge is 0.257 e. The molecule has 1 saturated heterocycles. The normalized spacial score (nSPS) is 18.1. The van der Waals surface area contributed by atoms with Crippen molar-refractivity contribution in [2.75, 3.05) is 13.1 Å². The number of thiazole rings is 1. The zero-order chi connectivity index (χ0) is 19.9. The summed E-state index contributed by atoms with van der Waals surface area (Å²) in [7, 11) is 0. The molecule has 1 aromatic carbocycles. The van der Waals surface area contributed by atoms with Crippen molar-refractivity contribution in [3.63, 3.8) is 0 Å². The standard InChI is InChI=1S/C23H24N4OS2/c1-3-7-18-16(5-1)13-20(29-18)22-26-25-21(28-22)14-27-11-9-15(10-12-27)23-24-17-6-2-4-8-19(17)30-23/h2,4,6,8,13,15H,1,3,5,7,9-12,14H2. The summed E-state index contributed by atoms with van der Waals surface area (Å²) in [6.07, 6.45) is 7.26. The van der Waals surface area contributed by atoms with Gasteiger partial charge in [0, 0.05) is 10.8 Å². The summed E-state index contributed by atoms with van der Waals surface area (Å²) in [6.45, 7) is 2.84. The predicted molar refractivity (Wildman–Crippen MR) is 121 cm³/mol. The first-order valence-corrected chi connectivity index (χ1v) is 12.5. The monoisotopic (exact) mass is 436 g/mol. The first kappa shape index (κ1) is 18.7. The van der Waals surface area contributed by atoms with Crippen LogP contribution in [0.2, 0.25) is 0 Å². The lowest BCUT2D eigenvalue weighted by Gasteiger charge is -2.29. The molecule has 0 saturated carbocycles. The molecular formula is C23H24N4OS2. The van der Waals surface area contributed by atoms with Crippen molar-refractivity contribution in [3.05, 3.63) is 51.7 Å². The van der Waals surface area contributed by atoms with Crippen molar-refractivity contribution >= 4 is 32.9 Å². The minimum atomic E-state index is 0.564. The number of nitrogens with zero attached hydrogens (tertiary/aromatic N) is 4. The third-order valence-electron chi connectivity index (χ3n) is 6.28. The molecule has 2 aliphatic rings. The molecule has 1 fully saturated rings. The molecule has 4 heterocycles. The molecule has 0 radical (unpaired) electrons. The average molecular weight is 437 g/mol. The van der Waals surface area contributed by atoms with Gasteiger partial charge in [0.05, 0.1) is 26.6 Å². The molecule has 154 valence electrons. The summed E-state index contributed by atoms with van der Waals surface area (Å²) in [5.41, 5.74) is 2.62. The molecule has 0 unspecified atom stereocenters. The summed E-state index contributed by atoms with van der Waals surface area (Å²) in [6, 6.07) is 10.7. The van der Waals surface area contributed by atoms with Crippen molar-refractivity contribution in [1.82, 2.24) is 20.1 Å². The van der Waals surface area contributed by atoms with Gasteiger partial charge in [0.1, 0.15) is 0 Å². The molecule has 0 spiro atoms. The van der Waals surface area contributed by atoms with E-state index in [4.69, 9.17) is 9.40 Å². The molecule has 5 nitrogen and oxygen atoms in total. The van der Waals surface area contributed by atoms with Crippen LogP contribution in [0.3, 0.4) is 0 Å². The van der Waals surface area contributed by atoms with Crippen LogP contribution in [0.15, 0.2) is 34.7 Å². The average Bonchev–Trinajstić information content (AvgIpc) is 3.51. The number of piperidine rings is 1. The quantitative estimate of drug-likeness (QED) is 0.413. The molecule has 30 heavy (non-hydrogen) atoms. The van der Waals surface area contributed by atoms with E-state index in [0.29, 0.717) is 11.8 Å². The van der Waals surface area contributed by atoms with Gasteiger partial charge in [0.2, 0.25) is 5.89 Å². The van der Waals surface area contributed by atoms with Gasteiger partial charge in [-0.15, -0.1) is 32.9 Å². The SMILES string of the molecule is c1ccc2sc(C3CCN(Cc4nnc(-c5cc6c(s5)CCCC6)o4)CC3)nc2c1. The van der Waals surface area contributed by atoms with Gasteiger partial charge in [0.15, 0.2) is 0 Å². The highest BCUT2D eigenvalue weighted by atomic mass is 32.1. The number of para-hydroxylation sites is 1. The largest absolute Gasteiger partial charge is 0.419 e. The van der Waals surface area contributed by atoms with Crippen LogP contribution in [0.5, 0.6) is 0 Å². The van der Waals surface area contributed by atoms with Gasteiger partial charge in [-0.1, -0.05) is 12.1 Å². The first-order valence-electron chi connectivity index (χ1n) is 10.8. The highest BCUT2D eigenvalue weighted by molar-refractivity contribution is 7.18. The van der Waals surface area contributed by atoms with Crippen molar-refractivity contribution in [2.45, 2.75) is 51.0 Å². The molecular weight excluding hydrogens is 412 g/mol. The van der Waals surface area contributed by atoms with Crippen molar-refractivity contribution < 1.29 is 4.42 Å². The van der Waals surface area contributed by atoms with E-state index in [2.05, 4.69) is 45.4 Å². The van der Waals surface area contributed by atoms with Crippen LogP contribution < -0.4 is 0 Å². The number of fused-ring (bicyclic) bond motifs is 2. The minimum Gasteiger partial charge on any atom is -0.419 e. The van der Waals surface area contributed by atoms with Crippen LogP contribution in [0.4, 0.5) is 0 Å². The van der Waals surface area contributed by atoms with Crippen LogP contribution in [0.1, 0.15) is 52.9 Å². The number of hydrogen-bond acceptors (Lipinski definition) is 7. The van der Waals surface area contributed by atoms with Crippen molar-refractivity contribution in [1.29, 1.82) is 0 Å². The summed E-state index contributed by atoms with van der Waals surface area (Å²) < 4.78 is 7.33. The van der Waals surface area contributed by atoms with E-state index in [0.717, 1.165) is 48.8 Å². The van der Waals surface area contributed by atoms with Gasteiger partial charge in [-0.05, 0) is 75.4 Å². The van der Waals surface area contributed by atoms with E-state index < -0.39 is 0 Å². The Morgan fingerprint density at radius 3 is 2.77 bits per heavy atom. The molecule has 0 atom stereocenters. The molecule has 3 aromatic heterocycles. The van der Waals surface area contributed by atoms with Crippen LogP contribution in [0.25, 0.3) is 21.0 Å². The fraction of sp³-hybridized carbons (Fsp3) is 0.435. The minimum absolute atomic E-state index is 0.564. The molecule has 0 N–H and O–H groups in total. The maximum atomic E-state index is 6.04. The summed E-state index contributed by atoms with van der Waals surface area (Å²) in [4.78, 5) is 9.94. The number of benzene rings is 1. The second-order valence-corrected chi connectivity index (χ2v) is 10.5. The van der Waals surface area contributed by atoms with Crippen LogP contribution in [-0.4, -0.2) is 33.2 Å². The fourth-order valence-corrected chi connectivity index (χ4v) is 6.92. The topological polar surface area (TPSA) is 55.1 Å². The molecule has 1 aliphatic carbocycles. The fourth-order valence-electron chi connectivity index (χ4n) is 4.61. The second kappa shape index (κ2) is 7.87. The number of hydrogen-bond donors (Lipinski definition) is 0. The van der Waals surface area contributed by atoms with E-state index in [1.165, 1.54) is 45.8 Å². The van der Waals surface area contributed by atoms with Gasteiger partial charge in [0.25, 0.3) is 5.89 Å². The zero-order valence-corrected chi connectivity index (χ0v) is 18.5. The lowest BCUT2D eigenvalue weighted by molar-refractivity contribution is 0.188. The van der Waals surface area contributed by atoms with Crippen LogP contribution >= 0.6 is 22.7 Å². The molecule has 1 aliphatic heterocycles. The maximum Gasteiger partial charge on any atom is 0.257 e. The Bertz CT molecular complexity index is 1110. The van der Waals surface area contributed by atoms with E-state index in [1.54, 1.807) is 0 Å². The summed E-state index contributed by atoms with van der Waals surface area (Å²) in [5.74, 6) is 1.98. The number of aromatic nitrogens is 3. The van der Waals surface area contributed by atoms with Gasteiger partial charge in [-0.2, -0.15) is 0 Å². The third kappa shape index (κ3) is 3.59. The van der Waals surface area contributed by atoms with Gasteiger partial charge in [-0.3, -0.25) is 4.90 Å². The Hall–Kier alpha value is -2.09. The molecule has 6 rings (SSSR count). The number of aryl methyl sites for hydroxylation is 2. The van der Waals surface area contributed by atoms with E-state index in [-0.39, 0.29) is 0 Å².